The molecule has 1 saturated heterocycles. The molecule has 6 nitrogen and oxygen atoms in total. The third-order valence-corrected chi connectivity index (χ3v) is 5.81. The van der Waals surface area contributed by atoms with Gasteiger partial charge in [-0.15, -0.1) is 0 Å². The predicted octanol–water partition coefficient (Wildman–Crippen LogP) is 4.51. The molecule has 1 amide bonds. The monoisotopic (exact) mass is 443 g/mol. The minimum absolute atomic E-state index is 0.171. The minimum atomic E-state index is -0.342. The number of rotatable bonds is 5. The van der Waals surface area contributed by atoms with Gasteiger partial charge in [0.15, 0.2) is 0 Å². The highest BCUT2D eigenvalue weighted by Crippen LogP contribution is 2.32. The number of likely N-dealkylation sites (tertiary alicyclic amines) is 1. The van der Waals surface area contributed by atoms with Gasteiger partial charge in [-0.2, -0.15) is 0 Å². The molecule has 0 unspecified atom stereocenters. The zero-order chi connectivity index (χ0) is 20.3. The van der Waals surface area contributed by atoms with Crippen molar-refractivity contribution < 1.29 is 14.3 Å². The van der Waals surface area contributed by atoms with E-state index in [1.54, 1.807) is 6.07 Å². The number of hydrogen-bond donors (Lipinski definition) is 1. The second-order valence-electron chi connectivity index (χ2n) is 6.59. The number of amides is 1. The molecule has 0 saturated carbocycles. The van der Waals surface area contributed by atoms with Crippen molar-refractivity contribution >= 4 is 52.4 Å². The molecule has 150 valence electrons. The van der Waals surface area contributed by atoms with Gasteiger partial charge in [-0.1, -0.05) is 34.8 Å². The van der Waals surface area contributed by atoms with Crippen LogP contribution in [0.2, 0.25) is 15.1 Å². The molecule has 0 aliphatic carbocycles. The number of carbonyl (C=O) groups is 2. The minimum Gasteiger partial charge on any atom is -0.464 e. The number of nitrogens with one attached hydrogen (secondary N) is 1. The van der Waals surface area contributed by atoms with Crippen LogP contribution in [0.5, 0.6) is 0 Å². The van der Waals surface area contributed by atoms with E-state index < -0.39 is 0 Å². The van der Waals surface area contributed by atoms with Crippen LogP contribution in [-0.4, -0.2) is 48.1 Å². The molecule has 1 N–H and O–H groups in total. The lowest BCUT2D eigenvalue weighted by Gasteiger charge is -2.32. The first-order valence-electron chi connectivity index (χ1n) is 8.81. The van der Waals surface area contributed by atoms with Gasteiger partial charge in [0.25, 0.3) is 0 Å². The lowest BCUT2D eigenvalue weighted by Crippen LogP contribution is -2.40. The Morgan fingerprint density at radius 2 is 1.82 bits per heavy atom. The number of nitrogens with zero attached hydrogens (tertiary/aromatic N) is 2. The summed E-state index contributed by atoms with van der Waals surface area (Å²) in [6.45, 7) is 1.73. The number of anilines is 1. The lowest BCUT2D eigenvalue weighted by atomic mass is 10.0. The van der Waals surface area contributed by atoms with Crippen molar-refractivity contribution in [1.29, 1.82) is 0 Å². The first-order valence-corrected chi connectivity index (χ1v) is 9.94. The fourth-order valence-electron chi connectivity index (χ4n) is 3.36. The Bertz CT molecular complexity index is 877. The van der Waals surface area contributed by atoms with Crippen LogP contribution < -0.4 is 5.32 Å². The number of piperidine rings is 1. The molecule has 28 heavy (non-hydrogen) atoms. The van der Waals surface area contributed by atoms with Crippen LogP contribution in [0.25, 0.3) is 0 Å². The van der Waals surface area contributed by atoms with Crippen molar-refractivity contribution in [1.82, 2.24) is 9.47 Å². The number of halogens is 3. The summed E-state index contributed by atoms with van der Waals surface area (Å²) in [6.07, 6.45) is 3.56. The fraction of sp³-hybridized carbons (Fsp3) is 0.368. The van der Waals surface area contributed by atoms with Gasteiger partial charge in [-0.05, 0) is 37.1 Å². The maximum atomic E-state index is 12.4. The second kappa shape index (κ2) is 9.18. The van der Waals surface area contributed by atoms with Gasteiger partial charge in [0.2, 0.25) is 5.91 Å². The summed E-state index contributed by atoms with van der Waals surface area (Å²) in [5.41, 5.74) is 0.985. The standard InChI is InChI=1S/C19H20Cl3N3O3/c1-28-19(27)17-3-2-6-25(17)12-4-7-24(8-5-12)11-18(26)23-16-10-14(21)13(20)9-15(16)22/h2-3,6,9-10,12H,4-5,7-8,11H2,1H3,(H,23,26). The third-order valence-electron chi connectivity index (χ3n) is 4.78. The Kier molecular flexibility index (Phi) is 6.88. The Hall–Kier alpha value is -1.73. The Morgan fingerprint density at radius 3 is 2.50 bits per heavy atom. The van der Waals surface area contributed by atoms with Crippen LogP contribution in [-0.2, 0) is 9.53 Å². The smallest absolute Gasteiger partial charge is 0.354 e. The summed E-state index contributed by atoms with van der Waals surface area (Å²) in [6, 6.07) is 6.84. The zero-order valence-corrected chi connectivity index (χ0v) is 17.5. The molecule has 0 bridgehead atoms. The van der Waals surface area contributed by atoms with Crippen molar-refractivity contribution in [2.75, 3.05) is 32.1 Å². The van der Waals surface area contributed by atoms with Crippen LogP contribution >= 0.6 is 34.8 Å². The molecule has 1 aliphatic rings. The maximum absolute atomic E-state index is 12.4. The highest BCUT2D eigenvalue weighted by atomic mass is 35.5. The number of hydrogen-bond acceptors (Lipinski definition) is 4. The molecule has 1 aromatic carbocycles. The van der Waals surface area contributed by atoms with Crippen LogP contribution in [0, 0.1) is 0 Å². The molecule has 3 rings (SSSR count). The molecular formula is C19H20Cl3N3O3. The molecule has 9 heteroatoms. The summed E-state index contributed by atoms with van der Waals surface area (Å²) in [5.74, 6) is -0.514. The van der Waals surface area contributed by atoms with E-state index in [2.05, 4.69) is 10.2 Å². The average Bonchev–Trinajstić information content (AvgIpc) is 3.16. The number of esters is 1. The van der Waals surface area contributed by atoms with Gasteiger partial charge in [-0.3, -0.25) is 9.69 Å². The van der Waals surface area contributed by atoms with E-state index >= 15 is 0 Å². The van der Waals surface area contributed by atoms with Gasteiger partial charge < -0.3 is 14.6 Å². The lowest BCUT2D eigenvalue weighted by molar-refractivity contribution is -0.117. The van der Waals surface area contributed by atoms with Crippen LogP contribution in [0.15, 0.2) is 30.5 Å². The van der Waals surface area contributed by atoms with Gasteiger partial charge in [0, 0.05) is 25.3 Å². The number of aromatic nitrogens is 1. The van der Waals surface area contributed by atoms with E-state index in [1.165, 1.54) is 19.2 Å². The van der Waals surface area contributed by atoms with Crippen molar-refractivity contribution in [2.24, 2.45) is 0 Å². The van der Waals surface area contributed by atoms with E-state index in [9.17, 15) is 9.59 Å². The zero-order valence-electron chi connectivity index (χ0n) is 15.3. The van der Waals surface area contributed by atoms with Gasteiger partial charge in [0.1, 0.15) is 5.69 Å². The molecule has 1 aromatic heterocycles. The summed E-state index contributed by atoms with van der Waals surface area (Å²) in [5, 5.41) is 3.78. The molecule has 2 heterocycles. The van der Waals surface area contributed by atoms with Crippen molar-refractivity contribution in [3.05, 3.63) is 51.2 Å². The highest BCUT2D eigenvalue weighted by Gasteiger charge is 2.25. The quantitative estimate of drug-likeness (QED) is 0.544. The van der Waals surface area contributed by atoms with E-state index in [4.69, 9.17) is 39.5 Å². The number of ether oxygens (including phenoxy) is 1. The van der Waals surface area contributed by atoms with E-state index in [-0.39, 0.29) is 24.5 Å². The van der Waals surface area contributed by atoms with Gasteiger partial charge >= 0.3 is 5.97 Å². The molecule has 0 radical (unpaired) electrons. The van der Waals surface area contributed by atoms with E-state index in [0.717, 1.165) is 25.9 Å². The SMILES string of the molecule is COC(=O)c1cccn1C1CCN(CC(=O)Nc2cc(Cl)c(Cl)cc2Cl)CC1. The largest absolute Gasteiger partial charge is 0.464 e. The molecule has 0 spiro atoms. The van der Waals surface area contributed by atoms with Crippen molar-refractivity contribution in [3.8, 4) is 0 Å². The summed E-state index contributed by atoms with van der Waals surface area (Å²) in [4.78, 5) is 26.3. The molecule has 1 aliphatic heterocycles. The summed E-state index contributed by atoms with van der Waals surface area (Å²) < 4.78 is 6.79. The maximum Gasteiger partial charge on any atom is 0.354 e. The molecule has 0 atom stereocenters. The normalized spacial score (nSPS) is 15.4. The van der Waals surface area contributed by atoms with Gasteiger partial charge in [0.05, 0.1) is 34.4 Å². The number of carbonyl (C=O) groups excluding carboxylic acids is 2. The Morgan fingerprint density at radius 1 is 1.14 bits per heavy atom. The van der Waals surface area contributed by atoms with E-state index in [1.807, 2.05) is 16.8 Å². The molecule has 1 fully saturated rings. The average molecular weight is 445 g/mol. The van der Waals surface area contributed by atoms with Crippen LogP contribution in [0.1, 0.15) is 29.4 Å². The fourth-order valence-corrected chi connectivity index (χ4v) is 3.95. The highest BCUT2D eigenvalue weighted by molar-refractivity contribution is 6.44. The molecule has 2 aromatic rings. The third kappa shape index (κ3) is 4.81. The Balaban J connectivity index is 1.55. The summed E-state index contributed by atoms with van der Waals surface area (Å²) in [7, 11) is 1.38. The summed E-state index contributed by atoms with van der Waals surface area (Å²) >= 11 is 18.0. The first kappa shape index (κ1) is 21.0. The predicted molar refractivity (Wildman–Crippen MR) is 111 cm³/mol. The number of benzene rings is 1. The van der Waals surface area contributed by atoms with Crippen molar-refractivity contribution in [2.45, 2.75) is 18.9 Å². The van der Waals surface area contributed by atoms with Gasteiger partial charge in [-0.25, -0.2) is 4.79 Å². The van der Waals surface area contributed by atoms with E-state index in [0.29, 0.717) is 26.4 Å². The first-order chi connectivity index (χ1) is 13.4. The van der Waals surface area contributed by atoms with Crippen LogP contribution in [0.3, 0.4) is 0 Å². The second-order valence-corrected chi connectivity index (χ2v) is 7.82. The molecular weight excluding hydrogens is 425 g/mol. The van der Waals surface area contributed by atoms with Crippen molar-refractivity contribution in [3.63, 3.8) is 0 Å². The van der Waals surface area contributed by atoms with Crippen LogP contribution in [0.4, 0.5) is 5.69 Å². The Labute approximate surface area is 178 Å². The topological polar surface area (TPSA) is 63.6 Å². The number of methoxy groups -OCH3 is 1.